The Labute approximate surface area is 184 Å². The van der Waals surface area contributed by atoms with Crippen molar-refractivity contribution in [1.82, 2.24) is 14.5 Å². The topological polar surface area (TPSA) is 47.8 Å². The number of rotatable bonds is 4. The van der Waals surface area contributed by atoms with Crippen molar-refractivity contribution in [2.24, 2.45) is 0 Å². The van der Waals surface area contributed by atoms with Crippen LogP contribution in [0, 0.1) is 6.92 Å². The second-order valence-electron chi connectivity index (χ2n) is 8.53. The summed E-state index contributed by atoms with van der Waals surface area (Å²) in [5.74, 6) is 0. The summed E-state index contributed by atoms with van der Waals surface area (Å²) in [6.45, 7) is 4.23. The molecule has 4 rings (SSSR count). The van der Waals surface area contributed by atoms with Gasteiger partial charge in [-0.3, -0.25) is 14.3 Å². The maximum atomic E-state index is 13.6. The molecule has 1 aromatic carbocycles. The number of nitrogens with zero attached hydrogens (tertiary/aromatic N) is 3. The normalized spacial score (nSPS) is 14.4. The van der Waals surface area contributed by atoms with Crippen molar-refractivity contribution in [3.63, 3.8) is 0 Å². The molecule has 0 unspecified atom stereocenters. The standard InChI is InChI=1S/C27H31N3O/c1-3-21-11-13-22(14-12-21)16-23-17-25-26(10-7-15-28-18-20(23)2)29-19-30(27(25)31)24-8-5-4-6-9-24/h7,10-15,17-19,24H,3-6,8-9,16H2,1-2H3. The third-order valence-electron chi connectivity index (χ3n) is 6.38. The molecular formula is C27H31N3O. The van der Waals surface area contributed by atoms with E-state index < -0.39 is 0 Å². The van der Waals surface area contributed by atoms with Crippen LogP contribution >= 0.6 is 0 Å². The van der Waals surface area contributed by atoms with Crippen LogP contribution in [-0.2, 0) is 12.8 Å². The van der Waals surface area contributed by atoms with Crippen LogP contribution in [0.2, 0.25) is 0 Å². The summed E-state index contributed by atoms with van der Waals surface area (Å²) in [6, 6.07) is 14.7. The number of hydrogen-bond acceptors (Lipinski definition) is 3. The van der Waals surface area contributed by atoms with E-state index in [9.17, 15) is 4.79 Å². The summed E-state index contributed by atoms with van der Waals surface area (Å²) in [5.41, 5.74) is 5.48. The van der Waals surface area contributed by atoms with Gasteiger partial charge in [0.05, 0.1) is 17.2 Å². The third-order valence-corrected chi connectivity index (χ3v) is 6.38. The van der Waals surface area contributed by atoms with Crippen LogP contribution in [0.5, 0.6) is 0 Å². The number of aryl methyl sites for hydroxylation is 2. The first kappa shape index (κ1) is 21.2. The van der Waals surface area contributed by atoms with Crippen molar-refractivity contribution in [3.05, 3.63) is 93.8 Å². The maximum Gasteiger partial charge on any atom is 0.261 e. The summed E-state index contributed by atoms with van der Waals surface area (Å²) in [7, 11) is 0. The van der Waals surface area contributed by atoms with E-state index in [1.807, 2.05) is 29.0 Å². The van der Waals surface area contributed by atoms with Gasteiger partial charge in [-0.15, -0.1) is 0 Å². The Kier molecular flexibility index (Phi) is 6.76. The van der Waals surface area contributed by atoms with E-state index in [1.165, 1.54) is 30.4 Å². The summed E-state index contributed by atoms with van der Waals surface area (Å²) < 4.78 is 1.87. The van der Waals surface area contributed by atoms with Gasteiger partial charge >= 0.3 is 0 Å². The molecule has 3 aromatic rings. The summed E-state index contributed by atoms with van der Waals surface area (Å²) >= 11 is 0. The molecule has 4 heteroatoms. The van der Waals surface area contributed by atoms with Crippen LogP contribution < -0.4 is 5.56 Å². The van der Waals surface area contributed by atoms with Gasteiger partial charge in [-0.05, 0) is 73.1 Å². The SMILES string of the molecule is CCc1ccc(Cc2cc3c(=O)n(C4CCCCC4)cnc3cccncc2C)cc1. The van der Waals surface area contributed by atoms with Crippen LogP contribution in [0.3, 0.4) is 0 Å². The Morgan fingerprint density at radius 2 is 1.77 bits per heavy atom. The molecule has 0 bridgehead atoms. The zero-order chi connectivity index (χ0) is 21.6. The van der Waals surface area contributed by atoms with Gasteiger partial charge in [-0.1, -0.05) is 50.5 Å². The molecule has 4 nitrogen and oxygen atoms in total. The third kappa shape index (κ3) is 5.01. The molecular weight excluding hydrogens is 382 g/mol. The molecule has 31 heavy (non-hydrogen) atoms. The summed E-state index contributed by atoms with van der Waals surface area (Å²) in [5, 5.41) is 0.674. The second-order valence-corrected chi connectivity index (χ2v) is 8.53. The number of hydrogen-bond donors (Lipinski definition) is 0. The van der Waals surface area contributed by atoms with Gasteiger partial charge in [0.1, 0.15) is 0 Å². The predicted octanol–water partition coefficient (Wildman–Crippen LogP) is 5.88. The van der Waals surface area contributed by atoms with Gasteiger partial charge in [-0.25, -0.2) is 4.98 Å². The van der Waals surface area contributed by atoms with Crippen molar-refractivity contribution < 1.29 is 0 Å². The molecule has 160 valence electrons. The lowest BCUT2D eigenvalue weighted by Gasteiger charge is -2.23. The minimum Gasteiger partial charge on any atom is -0.296 e. The maximum absolute atomic E-state index is 13.6. The lowest BCUT2D eigenvalue weighted by molar-refractivity contribution is 0.345. The van der Waals surface area contributed by atoms with E-state index in [1.54, 1.807) is 12.5 Å². The second kappa shape index (κ2) is 9.86. The van der Waals surface area contributed by atoms with Gasteiger partial charge in [0.2, 0.25) is 0 Å². The molecule has 0 N–H and O–H groups in total. The summed E-state index contributed by atoms with van der Waals surface area (Å²) in [6.07, 6.45) is 12.9. The van der Waals surface area contributed by atoms with Gasteiger partial charge in [0.25, 0.3) is 5.56 Å². The highest BCUT2D eigenvalue weighted by Gasteiger charge is 2.17. The largest absolute Gasteiger partial charge is 0.296 e. The van der Waals surface area contributed by atoms with E-state index in [-0.39, 0.29) is 11.6 Å². The van der Waals surface area contributed by atoms with Crippen molar-refractivity contribution in [3.8, 4) is 0 Å². The van der Waals surface area contributed by atoms with Crippen molar-refractivity contribution >= 4 is 10.9 Å². The molecule has 2 aromatic heterocycles. The smallest absolute Gasteiger partial charge is 0.261 e. The predicted molar refractivity (Wildman–Crippen MR) is 127 cm³/mol. The van der Waals surface area contributed by atoms with Crippen LogP contribution in [0.4, 0.5) is 0 Å². The molecule has 0 saturated heterocycles. The van der Waals surface area contributed by atoms with E-state index in [0.29, 0.717) is 10.9 Å². The highest BCUT2D eigenvalue weighted by molar-refractivity contribution is 5.76. The van der Waals surface area contributed by atoms with Crippen LogP contribution in [0.1, 0.15) is 67.3 Å². The van der Waals surface area contributed by atoms with Crippen LogP contribution in [-0.4, -0.2) is 14.5 Å². The van der Waals surface area contributed by atoms with Gasteiger partial charge in [-0.2, -0.15) is 0 Å². The highest BCUT2D eigenvalue weighted by atomic mass is 16.1. The Bertz CT molecular complexity index is 1160. The molecule has 0 aliphatic heterocycles. The van der Waals surface area contributed by atoms with Gasteiger partial charge in [0.15, 0.2) is 0 Å². The fraction of sp³-hybridized carbons (Fsp3) is 0.370. The van der Waals surface area contributed by atoms with E-state index in [0.717, 1.165) is 36.8 Å². The Hall–Kier alpha value is -3.01. The number of fused-ring (bicyclic) bond motifs is 1. The first-order valence-corrected chi connectivity index (χ1v) is 11.4. The minimum atomic E-state index is 0.0608. The lowest BCUT2D eigenvalue weighted by atomic mass is 9.95. The first-order chi connectivity index (χ1) is 15.2. The molecule has 1 fully saturated rings. The van der Waals surface area contributed by atoms with E-state index in [2.05, 4.69) is 48.1 Å². The van der Waals surface area contributed by atoms with Gasteiger partial charge < -0.3 is 0 Å². The van der Waals surface area contributed by atoms with Crippen LogP contribution in [0.15, 0.2) is 66.0 Å². The quantitative estimate of drug-likeness (QED) is 0.536. The number of aromatic nitrogens is 3. The zero-order valence-corrected chi connectivity index (χ0v) is 18.6. The van der Waals surface area contributed by atoms with Gasteiger partial charge in [0, 0.05) is 18.4 Å². The van der Waals surface area contributed by atoms with Crippen LogP contribution in [0.25, 0.3) is 10.9 Å². The van der Waals surface area contributed by atoms with E-state index in [4.69, 9.17) is 0 Å². The van der Waals surface area contributed by atoms with Crippen molar-refractivity contribution in [1.29, 1.82) is 0 Å². The molecule has 0 radical (unpaired) electrons. The molecule has 2 heterocycles. The lowest BCUT2D eigenvalue weighted by Crippen LogP contribution is -2.26. The minimum absolute atomic E-state index is 0.0608. The fourth-order valence-electron chi connectivity index (χ4n) is 4.40. The van der Waals surface area contributed by atoms with E-state index >= 15 is 0 Å². The highest BCUT2D eigenvalue weighted by Crippen LogP contribution is 2.27. The van der Waals surface area contributed by atoms with Crippen molar-refractivity contribution in [2.45, 2.75) is 64.8 Å². The Balaban J connectivity index is 1.87. The zero-order valence-electron chi connectivity index (χ0n) is 18.6. The fourth-order valence-corrected chi connectivity index (χ4v) is 4.40. The average molecular weight is 414 g/mol. The number of benzene rings is 1. The monoisotopic (exact) mass is 413 g/mol. The first-order valence-electron chi connectivity index (χ1n) is 11.4. The molecule has 0 atom stereocenters. The van der Waals surface area contributed by atoms with Crippen molar-refractivity contribution in [2.75, 3.05) is 0 Å². The molecule has 0 spiro atoms. The molecule has 1 saturated carbocycles. The Morgan fingerprint density at radius 3 is 2.52 bits per heavy atom. The average Bonchev–Trinajstić information content (AvgIpc) is 2.81. The molecule has 0 amide bonds. The molecule has 1 aliphatic rings. The Morgan fingerprint density at radius 1 is 1.03 bits per heavy atom. The molecule has 1 aliphatic carbocycles. The summed E-state index contributed by atoms with van der Waals surface area (Å²) in [4.78, 5) is 22.6.